The van der Waals surface area contributed by atoms with Gasteiger partial charge in [-0.15, -0.1) is 0 Å². The molecule has 158 valence electrons. The van der Waals surface area contributed by atoms with Crippen LogP contribution in [0.1, 0.15) is 43.7 Å². The molecule has 30 heavy (non-hydrogen) atoms. The van der Waals surface area contributed by atoms with Crippen molar-refractivity contribution in [2.75, 3.05) is 6.61 Å². The molecule has 0 saturated carbocycles. The minimum absolute atomic E-state index is 0.127. The van der Waals surface area contributed by atoms with E-state index in [4.69, 9.17) is 9.47 Å². The lowest BCUT2D eigenvalue weighted by atomic mass is 9.99. The summed E-state index contributed by atoms with van der Waals surface area (Å²) in [5, 5.41) is 2.00. The first-order valence-corrected chi connectivity index (χ1v) is 10.5. The second kappa shape index (κ2) is 9.30. The summed E-state index contributed by atoms with van der Waals surface area (Å²) in [5.74, 6) is -0.0788. The van der Waals surface area contributed by atoms with Crippen LogP contribution in [0.3, 0.4) is 0 Å². The normalized spacial score (nSPS) is 19.3. The van der Waals surface area contributed by atoms with E-state index in [9.17, 15) is 14.4 Å². The number of esters is 1. The molecule has 0 bridgehead atoms. The highest BCUT2D eigenvalue weighted by molar-refractivity contribution is 8.16. The van der Waals surface area contributed by atoms with Crippen LogP contribution in [0.2, 0.25) is 0 Å². The minimum Gasteiger partial charge on any atom is -0.489 e. The Morgan fingerprint density at radius 2 is 1.87 bits per heavy atom. The zero-order chi connectivity index (χ0) is 21.7. The van der Waals surface area contributed by atoms with Crippen molar-refractivity contribution in [3.8, 4) is 5.75 Å². The molecule has 7 nitrogen and oxygen atoms in total. The molecule has 2 aromatic rings. The van der Waals surface area contributed by atoms with Gasteiger partial charge >= 0.3 is 5.97 Å². The Labute approximate surface area is 179 Å². The molecule has 1 fully saturated rings. The van der Waals surface area contributed by atoms with Gasteiger partial charge in [0.1, 0.15) is 17.1 Å². The Bertz CT molecular complexity index is 930. The fourth-order valence-corrected chi connectivity index (χ4v) is 4.03. The van der Waals surface area contributed by atoms with Crippen molar-refractivity contribution in [1.29, 1.82) is 0 Å². The molecule has 3 rings (SSSR count). The van der Waals surface area contributed by atoms with Crippen molar-refractivity contribution in [1.82, 2.24) is 10.3 Å². The van der Waals surface area contributed by atoms with Gasteiger partial charge in [-0.3, -0.25) is 24.7 Å². The first kappa shape index (κ1) is 21.8. The predicted molar refractivity (Wildman–Crippen MR) is 113 cm³/mol. The lowest BCUT2D eigenvalue weighted by Crippen LogP contribution is -2.35. The first-order chi connectivity index (χ1) is 14.3. The Morgan fingerprint density at radius 3 is 2.40 bits per heavy atom. The molecule has 2 heterocycles. The number of imide groups is 1. The molecule has 1 aliphatic heterocycles. The second-order valence-corrected chi connectivity index (χ2v) is 8.73. The number of nitrogens with one attached hydrogen (secondary N) is 1. The third kappa shape index (κ3) is 5.38. The molecule has 1 aromatic heterocycles. The van der Waals surface area contributed by atoms with Crippen LogP contribution in [0.15, 0.2) is 42.6 Å². The lowest BCUT2D eigenvalue weighted by Gasteiger charge is -2.19. The van der Waals surface area contributed by atoms with Gasteiger partial charge in [0.15, 0.2) is 6.10 Å². The van der Waals surface area contributed by atoms with Crippen molar-refractivity contribution in [2.24, 2.45) is 0 Å². The smallest absolute Gasteiger partial charge is 0.303 e. The number of pyridine rings is 1. The number of hydrogen-bond acceptors (Lipinski definition) is 7. The Kier molecular flexibility index (Phi) is 6.77. The molecule has 0 radical (unpaired) electrons. The highest BCUT2D eigenvalue weighted by atomic mass is 32.2. The van der Waals surface area contributed by atoms with Crippen LogP contribution in [-0.2, 0) is 27.2 Å². The molecule has 1 aromatic carbocycles. The monoisotopic (exact) mass is 428 g/mol. The highest BCUT2D eigenvalue weighted by Crippen LogP contribution is 2.35. The van der Waals surface area contributed by atoms with Crippen LogP contribution >= 0.6 is 11.8 Å². The Hall–Kier alpha value is -2.87. The van der Waals surface area contributed by atoms with E-state index >= 15 is 0 Å². The zero-order valence-electron chi connectivity index (χ0n) is 17.1. The zero-order valence-corrected chi connectivity index (χ0v) is 18.0. The summed E-state index contributed by atoms with van der Waals surface area (Å²) in [6.07, 6.45) is 2.46. The van der Waals surface area contributed by atoms with Crippen molar-refractivity contribution in [2.45, 2.75) is 44.5 Å². The maximum Gasteiger partial charge on any atom is 0.303 e. The largest absolute Gasteiger partial charge is 0.489 e. The van der Waals surface area contributed by atoms with E-state index in [-0.39, 0.29) is 17.8 Å². The van der Waals surface area contributed by atoms with Crippen LogP contribution in [0.25, 0.3) is 0 Å². The molecule has 8 heteroatoms. The highest BCUT2D eigenvalue weighted by Gasteiger charge is 2.43. The van der Waals surface area contributed by atoms with Gasteiger partial charge in [0, 0.05) is 13.1 Å². The van der Waals surface area contributed by atoms with Gasteiger partial charge in [0.05, 0.1) is 5.69 Å². The standard InChI is InChI=1S/C22H24N2O5S/c1-4-15-7-10-18(23-12-15)19(29-14(2)25)13-28-17-8-5-16(6-9-17)11-22(3)20(26)24-21(27)30-22/h5-10,12,19H,4,11,13H2,1-3H3,(H,24,26,27)/t19-,22?/m1/s1. The Balaban J connectivity index is 1.63. The van der Waals surface area contributed by atoms with Crippen LogP contribution in [0.5, 0.6) is 5.75 Å². The summed E-state index contributed by atoms with van der Waals surface area (Å²) in [7, 11) is 0. The molecular formula is C22H24N2O5S. The van der Waals surface area contributed by atoms with Crippen molar-refractivity contribution < 1.29 is 23.9 Å². The molecule has 0 aliphatic carbocycles. The number of aromatic nitrogens is 1. The van der Waals surface area contributed by atoms with Crippen LogP contribution in [-0.4, -0.2) is 33.5 Å². The summed E-state index contributed by atoms with van der Waals surface area (Å²) in [4.78, 5) is 39.3. The molecule has 2 amide bonds. The predicted octanol–water partition coefficient (Wildman–Crippen LogP) is 3.61. The average Bonchev–Trinajstić information content (AvgIpc) is 2.97. The third-order valence-electron chi connectivity index (χ3n) is 4.77. The van der Waals surface area contributed by atoms with E-state index < -0.39 is 16.8 Å². The number of benzene rings is 1. The van der Waals surface area contributed by atoms with Gasteiger partial charge < -0.3 is 9.47 Å². The number of carbonyl (C=O) groups is 3. The molecule has 1 saturated heterocycles. The molecule has 0 spiro atoms. The van der Waals surface area contributed by atoms with E-state index in [1.54, 1.807) is 25.3 Å². The van der Waals surface area contributed by atoms with Gasteiger partial charge in [-0.1, -0.05) is 25.1 Å². The number of carbonyl (C=O) groups excluding carboxylic acids is 3. The average molecular weight is 429 g/mol. The Morgan fingerprint density at radius 1 is 1.17 bits per heavy atom. The van der Waals surface area contributed by atoms with Gasteiger partial charge in [-0.05, 0) is 60.9 Å². The summed E-state index contributed by atoms with van der Waals surface area (Å²) in [6, 6.07) is 11.1. The number of nitrogens with zero attached hydrogens (tertiary/aromatic N) is 1. The molecular weight excluding hydrogens is 404 g/mol. The molecule has 1 aliphatic rings. The fraction of sp³-hybridized carbons (Fsp3) is 0.364. The molecule has 1 unspecified atom stereocenters. The SMILES string of the molecule is CCc1ccc([C@@H](COc2ccc(CC3(C)SC(=O)NC3=O)cc2)OC(C)=O)nc1. The number of aryl methyl sites for hydroxylation is 1. The quantitative estimate of drug-likeness (QED) is 0.642. The number of hydrogen-bond donors (Lipinski definition) is 1. The fourth-order valence-electron chi connectivity index (χ4n) is 3.10. The number of amides is 2. The second-order valence-electron chi connectivity index (χ2n) is 7.25. The summed E-state index contributed by atoms with van der Waals surface area (Å²) >= 11 is 1.01. The van der Waals surface area contributed by atoms with Gasteiger partial charge in [-0.25, -0.2) is 0 Å². The van der Waals surface area contributed by atoms with E-state index in [2.05, 4.69) is 10.3 Å². The van der Waals surface area contributed by atoms with Gasteiger partial charge in [-0.2, -0.15) is 0 Å². The van der Waals surface area contributed by atoms with Gasteiger partial charge in [0.25, 0.3) is 5.24 Å². The third-order valence-corrected chi connectivity index (χ3v) is 5.84. The summed E-state index contributed by atoms with van der Waals surface area (Å²) in [6.45, 7) is 5.28. The maximum absolute atomic E-state index is 12.0. The first-order valence-electron chi connectivity index (χ1n) is 9.67. The van der Waals surface area contributed by atoms with E-state index in [0.29, 0.717) is 17.9 Å². The maximum atomic E-state index is 12.0. The van der Waals surface area contributed by atoms with Crippen LogP contribution < -0.4 is 10.1 Å². The number of ether oxygens (including phenoxy) is 2. The van der Waals surface area contributed by atoms with Crippen molar-refractivity contribution in [3.05, 3.63) is 59.4 Å². The minimum atomic E-state index is -0.809. The number of rotatable bonds is 8. The van der Waals surface area contributed by atoms with E-state index in [1.165, 1.54) is 6.92 Å². The van der Waals surface area contributed by atoms with Gasteiger partial charge in [0.2, 0.25) is 5.91 Å². The van der Waals surface area contributed by atoms with Crippen LogP contribution in [0.4, 0.5) is 4.79 Å². The number of thioether (sulfide) groups is 1. The lowest BCUT2D eigenvalue weighted by molar-refractivity contribution is -0.148. The van der Waals surface area contributed by atoms with Crippen molar-refractivity contribution >= 4 is 28.9 Å². The van der Waals surface area contributed by atoms with Crippen molar-refractivity contribution in [3.63, 3.8) is 0 Å². The molecule has 1 N–H and O–H groups in total. The van der Waals surface area contributed by atoms with E-state index in [0.717, 1.165) is 29.3 Å². The molecule has 2 atom stereocenters. The summed E-state index contributed by atoms with van der Waals surface area (Å²) in [5.41, 5.74) is 2.64. The van der Waals surface area contributed by atoms with E-state index in [1.807, 2.05) is 31.2 Å². The van der Waals surface area contributed by atoms with Crippen LogP contribution in [0, 0.1) is 0 Å². The summed E-state index contributed by atoms with van der Waals surface area (Å²) < 4.78 is 10.4. The topological polar surface area (TPSA) is 94.6 Å².